The largest absolute Gasteiger partial charge is 0.416 e. The average molecular weight is 432 g/mol. The number of rotatable bonds is 6. The van der Waals surface area contributed by atoms with Crippen molar-refractivity contribution in [2.45, 2.75) is 17.2 Å². The predicted octanol–water partition coefficient (Wildman–Crippen LogP) is 3.39. The summed E-state index contributed by atoms with van der Waals surface area (Å²) in [6.07, 6.45) is -2.44. The number of alkyl halides is 3. The summed E-state index contributed by atoms with van der Waals surface area (Å²) in [7, 11) is 0. The highest BCUT2D eigenvalue weighted by molar-refractivity contribution is 7.99. The molecule has 1 saturated heterocycles. The molecular weight excluding hydrogens is 413 g/mol. The Morgan fingerprint density at radius 3 is 2.64 bits per heavy atom. The lowest BCUT2D eigenvalue weighted by atomic mass is 10.1. The van der Waals surface area contributed by atoms with Gasteiger partial charge in [-0.3, -0.25) is 4.79 Å². The van der Waals surface area contributed by atoms with Gasteiger partial charge in [0.15, 0.2) is 0 Å². The normalized spacial score (nSPS) is 15.1. The highest BCUT2D eigenvalue weighted by Gasteiger charge is 2.31. The quantitative estimate of drug-likeness (QED) is 0.649. The van der Waals surface area contributed by atoms with Crippen LogP contribution in [-0.4, -0.2) is 59.2 Å². The number of hydrogen-bond donors (Lipinski definition) is 0. The van der Waals surface area contributed by atoms with Gasteiger partial charge in [-0.1, -0.05) is 17.8 Å². The van der Waals surface area contributed by atoms with Crippen LogP contribution in [0.25, 0.3) is 0 Å². The molecule has 1 aromatic carbocycles. The standard InChI is InChI=1S/C17H19F3N4O2S2/c1-27-10-14-21-22-16(26-14)28-11-15(25)24-7-5-23(6-8-24)13-4-2-3-12(9-13)17(18,19)20/h2-4,9H,5-8,10-11H2,1H3. The summed E-state index contributed by atoms with van der Waals surface area (Å²) in [5, 5.41) is 8.15. The van der Waals surface area contributed by atoms with E-state index in [1.807, 2.05) is 11.2 Å². The number of benzene rings is 1. The van der Waals surface area contributed by atoms with Gasteiger partial charge in [-0.15, -0.1) is 10.2 Å². The summed E-state index contributed by atoms with van der Waals surface area (Å²) in [4.78, 5) is 15.9. The van der Waals surface area contributed by atoms with E-state index < -0.39 is 11.7 Å². The molecule has 2 heterocycles. The zero-order valence-electron chi connectivity index (χ0n) is 15.1. The average Bonchev–Trinajstić information content (AvgIpc) is 3.13. The van der Waals surface area contributed by atoms with Crippen LogP contribution >= 0.6 is 23.5 Å². The van der Waals surface area contributed by atoms with E-state index in [0.29, 0.717) is 48.7 Å². The first-order valence-corrected chi connectivity index (χ1v) is 10.9. The Balaban J connectivity index is 1.50. The number of amides is 1. The molecule has 28 heavy (non-hydrogen) atoms. The van der Waals surface area contributed by atoms with Crippen molar-refractivity contribution in [1.29, 1.82) is 0 Å². The fourth-order valence-corrected chi connectivity index (χ4v) is 3.83. The number of aromatic nitrogens is 2. The lowest BCUT2D eigenvalue weighted by molar-refractivity contribution is -0.137. The Labute approximate surface area is 168 Å². The van der Waals surface area contributed by atoms with Crippen LogP contribution in [0.4, 0.5) is 18.9 Å². The molecule has 0 atom stereocenters. The second kappa shape index (κ2) is 9.08. The van der Waals surface area contributed by atoms with Crippen LogP contribution in [0.2, 0.25) is 0 Å². The third kappa shape index (κ3) is 5.34. The molecule has 6 nitrogen and oxygen atoms in total. The molecule has 1 aromatic heterocycles. The van der Waals surface area contributed by atoms with Gasteiger partial charge in [-0.05, 0) is 24.5 Å². The summed E-state index contributed by atoms with van der Waals surface area (Å²) in [6, 6.07) is 5.27. The first-order valence-electron chi connectivity index (χ1n) is 8.51. The van der Waals surface area contributed by atoms with Gasteiger partial charge in [-0.25, -0.2) is 0 Å². The summed E-state index contributed by atoms with van der Waals surface area (Å²) in [5.41, 5.74) is -0.149. The van der Waals surface area contributed by atoms with E-state index >= 15 is 0 Å². The molecule has 0 bridgehead atoms. The molecule has 11 heteroatoms. The van der Waals surface area contributed by atoms with Crippen molar-refractivity contribution >= 4 is 35.1 Å². The predicted molar refractivity (Wildman–Crippen MR) is 102 cm³/mol. The Bertz CT molecular complexity index is 808. The molecule has 0 saturated carbocycles. The first kappa shape index (κ1) is 20.8. The van der Waals surface area contributed by atoms with Crippen LogP contribution in [-0.2, 0) is 16.7 Å². The van der Waals surface area contributed by atoms with Crippen LogP contribution in [0.1, 0.15) is 11.5 Å². The topological polar surface area (TPSA) is 62.5 Å². The zero-order valence-corrected chi connectivity index (χ0v) is 16.7. The molecule has 1 amide bonds. The molecule has 1 fully saturated rings. The monoisotopic (exact) mass is 432 g/mol. The Morgan fingerprint density at radius 1 is 1.21 bits per heavy atom. The molecular formula is C17H19F3N4O2S2. The van der Waals surface area contributed by atoms with Gasteiger partial charge < -0.3 is 14.2 Å². The lowest BCUT2D eigenvalue weighted by Gasteiger charge is -2.36. The molecule has 1 aliphatic rings. The number of carbonyl (C=O) groups excluding carboxylic acids is 1. The summed E-state index contributed by atoms with van der Waals surface area (Å²) < 4.78 is 44.1. The van der Waals surface area contributed by atoms with Crippen molar-refractivity contribution in [3.05, 3.63) is 35.7 Å². The van der Waals surface area contributed by atoms with Gasteiger partial charge in [0.2, 0.25) is 11.8 Å². The van der Waals surface area contributed by atoms with Gasteiger partial charge in [0.1, 0.15) is 0 Å². The van der Waals surface area contributed by atoms with Crippen molar-refractivity contribution in [3.63, 3.8) is 0 Å². The second-order valence-corrected chi connectivity index (χ2v) is 7.89. The van der Waals surface area contributed by atoms with Gasteiger partial charge in [0.25, 0.3) is 5.22 Å². The van der Waals surface area contributed by atoms with Crippen molar-refractivity contribution in [3.8, 4) is 0 Å². The third-order valence-corrected chi connectivity index (χ3v) is 5.55. The van der Waals surface area contributed by atoms with Crippen LogP contribution in [0.5, 0.6) is 0 Å². The molecule has 0 spiro atoms. The minimum Gasteiger partial charge on any atom is -0.415 e. The van der Waals surface area contributed by atoms with Crippen LogP contribution < -0.4 is 4.90 Å². The number of piperazine rings is 1. The number of thioether (sulfide) groups is 2. The van der Waals surface area contributed by atoms with Crippen LogP contribution in [0.3, 0.4) is 0 Å². The van der Waals surface area contributed by atoms with Crippen LogP contribution in [0, 0.1) is 0 Å². The molecule has 3 rings (SSSR count). The minimum atomic E-state index is -4.37. The van der Waals surface area contributed by atoms with E-state index in [1.165, 1.54) is 17.8 Å². The summed E-state index contributed by atoms with van der Waals surface area (Å²) in [6.45, 7) is 1.88. The molecule has 152 valence electrons. The van der Waals surface area contributed by atoms with Crippen molar-refractivity contribution in [1.82, 2.24) is 15.1 Å². The molecule has 0 unspecified atom stereocenters. The second-order valence-electron chi connectivity index (χ2n) is 6.10. The van der Waals surface area contributed by atoms with Gasteiger partial charge >= 0.3 is 6.18 Å². The maximum atomic E-state index is 12.9. The molecule has 0 aliphatic carbocycles. The number of halogens is 3. The molecule has 0 N–H and O–H groups in total. The number of anilines is 1. The van der Waals surface area contributed by atoms with E-state index in [2.05, 4.69) is 10.2 Å². The van der Waals surface area contributed by atoms with Crippen LogP contribution in [0.15, 0.2) is 33.9 Å². The van der Waals surface area contributed by atoms with Crippen molar-refractivity contribution < 1.29 is 22.4 Å². The third-order valence-electron chi connectivity index (χ3n) is 4.21. The maximum Gasteiger partial charge on any atom is 0.416 e. The fraction of sp³-hybridized carbons (Fsp3) is 0.471. The van der Waals surface area contributed by atoms with E-state index in [-0.39, 0.29) is 11.7 Å². The fourth-order valence-electron chi connectivity index (χ4n) is 2.79. The van der Waals surface area contributed by atoms with E-state index in [1.54, 1.807) is 22.7 Å². The van der Waals surface area contributed by atoms with E-state index in [0.717, 1.165) is 12.1 Å². The molecule has 1 aliphatic heterocycles. The Morgan fingerprint density at radius 2 is 1.96 bits per heavy atom. The van der Waals surface area contributed by atoms with Gasteiger partial charge in [0.05, 0.1) is 17.1 Å². The highest BCUT2D eigenvalue weighted by Crippen LogP contribution is 2.32. The number of hydrogen-bond acceptors (Lipinski definition) is 7. The Kier molecular flexibility index (Phi) is 6.76. The molecule has 0 radical (unpaired) electrons. The lowest BCUT2D eigenvalue weighted by Crippen LogP contribution is -2.49. The number of nitrogens with zero attached hydrogens (tertiary/aromatic N) is 4. The number of carbonyl (C=O) groups is 1. The van der Waals surface area contributed by atoms with Gasteiger partial charge in [-0.2, -0.15) is 24.9 Å². The summed E-state index contributed by atoms with van der Waals surface area (Å²) >= 11 is 2.76. The summed E-state index contributed by atoms with van der Waals surface area (Å²) in [5.74, 6) is 1.28. The van der Waals surface area contributed by atoms with E-state index in [4.69, 9.17) is 4.42 Å². The van der Waals surface area contributed by atoms with E-state index in [9.17, 15) is 18.0 Å². The van der Waals surface area contributed by atoms with Crippen molar-refractivity contribution in [2.24, 2.45) is 0 Å². The minimum absolute atomic E-state index is 0.0571. The SMILES string of the molecule is CSCc1nnc(SCC(=O)N2CCN(c3cccc(C(F)(F)F)c3)CC2)o1. The first-order chi connectivity index (χ1) is 13.4. The zero-order chi connectivity index (χ0) is 20.1. The smallest absolute Gasteiger partial charge is 0.415 e. The van der Waals surface area contributed by atoms with Crippen molar-refractivity contribution in [2.75, 3.05) is 43.1 Å². The Hall–Kier alpha value is -1.88. The maximum absolute atomic E-state index is 12.9. The molecule has 2 aromatic rings. The van der Waals surface area contributed by atoms with Gasteiger partial charge in [0, 0.05) is 31.9 Å². The highest BCUT2D eigenvalue weighted by atomic mass is 32.2.